The maximum atomic E-state index is 13.3. The van der Waals surface area contributed by atoms with Crippen LogP contribution in [-0.2, 0) is 28.7 Å². The zero-order valence-electron chi connectivity index (χ0n) is 19.1. The van der Waals surface area contributed by atoms with Gasteiger partial charge in [-0.15, -0.1) is 0 Å². The van der Waals surface area contributed by atoms with Crippen LogP contribution in [0, 0.1) is 11.7 Å². The molecular formula is C25H29F4N3O2. The van der Waals surface area contributed by atoms with E-state index >= 15 is 0 Å². The molecule has 5 nitrogen and oxygen atoms in total. The normalized spacial score (nSPS) is 20.6. The van der Waals surface area contributed by atoms with E-state index in [1.54, 1.807) is 19.2 Å². The van der Waals surface area contributed by atoms with Gasteiger partial charge < -0.3 is 15.0 Å². The average Bonchev–Trinajstić information content (AvgIpc) is 2.81. The van der Waals surface area contributed by atoms with Crippen molar-refractivity contribution < 1.29 is 27.1 Å². The van der Waals surface area contributed by atoms with E-state index in [2.05, 4.69) is 15.1 Å². The Morgan fingerprint density at radius 1 is 1.15 bits per heavy atom. The number of hydrogen-bond acceptors (Lipinski definition) is 4. The van der Waals surface area contributed by atoms with E-state index in [4.69, 9.17) is 4.74 Å². The lowest BCUT2D eigenvalue weighted by molar-refractivity contribution is -0.137. The number of nitrogens with one attached hydrogen (secondary N) is 1. The van der Waals surface area contributed by atoms with Crippen molar-refractivity contribution in [2.75, 3.05) is 44.8 Å². The first-order chi connectivity index (χ1) is 16.3. The summed E-state index contributed by atoms with van der Waals surface area (Å²) in [4.78, 5) is 17.4. The number of methoxy groups -OCH3 is 1. The first kappa shape index (κ1) is 24.5. The molecule has 0 unspecified atom stereocenters. The van der Waals surface area contributed by atoms with Crippen LogP contribution in [0.25, 0.3) is 0 Å². The number of carbonyl (C=O) groups is 1. The molecule has 2 aromatic carbocycles. The molecule has 0 saturated carbocycles. The van der Waals surface area contributed by atoms with Gasteiger partial charge in [0, 0.05) is 52.1 Å². The molecule has 1 N–H and O–H groups in total. The summed E-state index contributed by atoms with van der Waals surface area (Å²) < 4.78 is 58.3. The van der Waals surface area contributed by atoms with Crippen LogP contribution >= 0.6 is 0 Å². The van der Waals surface area contributed by atoms with Gasteiger partial charge in [-0.05, 0) is 54.3 Å². The Hall–Kier alpha value is -2.65. The molecule has 4 rings (SSSR count). The smallest absolute Gasteiger partial charge is 0.385 e. The summed E-state index contributed by atoms with van der Waals surface area (Å²) in [6.45, 7) is 3.46. The van der Waals surface area contributed by atoms with E-state index in [9.17, 15) is 22.4 Å². The summed E-state index contributed by atoms with van der Waals surface area (Å²) in [6, 6.07) is 10.0. The number of benzene rings is 2. The molecule has 2 aliphatic heterocycles. The van der Waals surface area contributed by atoms with E-state index in [1.165, 1.54) is 24.3 Å². The number of hydrogen-bond donors (Lipinski definition) is 1. The molecule has 1 amide bonds. The van der Waals surface area contributed by atoms with Crippen LogP contribution < -0.4 is 10.2 Å². The lowest BCUT2D eigenvalue weighted by Crippen LogP contribution is -2.61. The zero-order chi connectivity index (χ0) is 24.3. The highest BCUT2D eigenvalue weighted by atomic mass is 19.4. The van der Waals surface area contributed by atoms with Crippen molar-refractivity contribution in [3.8, 4) is 0 Å². The van der Waals surface area contributed by atoms with Gasteiger partial charge in [0.25, 0.3) is 0 Å². The third kappa shape index (κ3) is 5.52. The minimum Gasteiger partial charge on any atom is -0.385 e. The molecule has 9 heteroatoms. The first-order valence-electron chi connectivity index (χ1n) is 11.5. The van der Waals surface area contributed by atoms with Crippen molar-refractivity contribution in [2.45, 2.75) is 31.6 Å². The van der Waals surface area contributed by atoms with E-state index in [1.807, 2.05) is 0 Å². The maximum absolute atomic E-state index is 13.3. The predicted molar refractivity (Wildman–Crippen MR) is 121 cm³/mol. The Labute approximate surface area is 196 Å². The number of amides is 1. The van der Waals surface area contributed by atoms with Gasteiger partial charge in [-0.25, -0.2) is 4.39 Å². The second-order valence-electron chi connectivity index (χ2n) is 8.91. The summed E-state index contributed by atoms with van der Waals surface area (Å²) in [5.74, 6) is -0.923. The molecule has 0 aliphatic carbocycles. The molecule has 0 spiro atoms. The van der Waals surface area contributed by atoms with Gasteiger partial charge in [0.05, 0.1) is 17.5 Å². The van der Waals surface area contributed by atoms with E-state index in [0.717, 1.165) is 17.3 Å². The van der Waals surface area contributed by atoms with Gasteiger partial charge in [0.2, 0.25) is 5.91 Å². The van der Waals surface area contributed by atoms with Gasteiger partial charge in [0.15, 0.2) is 0 Å². The molecule has 2 aliphatic rings. The van der Waals surface area contributed by atoms with E-state index in [0.29, 0.717) is 51.3 Å². The van der Waals surface area contributed by atoms with Crippen molar-refractivity contribution in [1.82, 2.24) is 10.2 Å². The lowest BCUT2D eigenvalue weighted by Gasteiger charge is -2.49. The highest BCUT2D eigenvalue weighted by Gasteiger charge is 2.42. The van der Waals surface area contributed by atoms with Gasteiger partial charge in [-0.3, -0.25) is 9.69 Å². The molecule has 0 radical (unpaired) electrons. The van der Waals surface area contributed by atoms with Crippen molar-refractivity contribution >= 4 is 11.6 Å². The number of piperazine rings is 1. The molecule has 184 valence electrons. The summed E-state index contributed by atoms with van der Waals surface area (Å²) in [6.07, 6.45) is -3.52. The molecule has 0 bridgehead atoms. The molecular weight excluding hydrogens is 450 g/mol. The quantitative estimate of drug-likeness (QED) is 0.484. The number of ether oxygens (including phenoxy) is 1. The maximum Gasteiger partial charge on any atom is 0.416 e. The highest BCUT2D eigenvalue weighted by molar-refractivity contribution is 5.82. The lowest BCUT2D eigenvalue weighted by atomic mass is 9.82. The molecule has 34 heavy (non-hydrogen) atoms. The summed E-state index contributed by atoms with van der Waals surface area (Å²) in [5, 5.41) is 2.94. The van der Waals surface area contributed by atoms with Crippen LogP contribution in [0.5, 0.6) is 0 Å². The third-order valence-electron chi connectivity index (χ3n) is 6.60. The van der Waals surface area contributed by atoms with Crippen LogP contribution in [-0.4, -0.2) is 56.7 Å². The van der Waals surface area contributed by atoms with Crippen molar-refractivity contribution in [3.63, 3.8) is 0 Å². The molecule has 2 aromatic rings. The monoisotopic (exact) mass is 479 g/mol. The van der Waals surface area contributed by atoms with Gasteiger partial charge in [-0.2, -0.15) is 13.2 Å². The molecule has 1 fully saturated rings. The third-order valence-corrected chi connectivity index (χ3v) is 6.60. The van der Waals surface area contributed by atoms with Crippen LogP contribution in [0.1, 0.15) is 23.1 Å². The number of nitrogens with zero attached hydrogens (tertiary/aromatic N) is 2. The van der Waals surface area contributed by atoms with Crippen molar-refractivity contribution in [2.24, 2.45) is 5.92 Å². The van der Waals surface area contributed by atoms with E-state index < -0.39 is 17.7 Å². The topological polar surface area (TPSA) is 44.8 Å². The number of halogens is 4. The fourth-order valence-electron chi connectivity index (χ4n) is 4.91. The average molecular weight is 480 g/mol. The fourth-order valence-corrected chi connectivity index (χ4v) is 4.91. The predicted octanol–water partition coefficient (Wildman–Crippen LogP) is 3.86. The molecule has 2 heterocycles. The standard InChI is InChI=1S/C25H29F4N3O2/c1-34-12-2-9-30-24(33)21-14-18-13-19(25(27,28)29)5-8-22(18)32-11-10-31(16-23(21)32)15-17-3-6-20(26)7-4-17/h3-8,13,21,23H,2,9-12,14-16H2,1H3,(H,30,33)/t21-,23-/m1/s1. The minimum atomic E-state index is -4.43. The Morgan fingerprint density at radius 2 is 1.91 bits per heavy atom. The number of fused-ring (bicyclic) bond motifs is 3. The number of alkyl halides is 3. The Bertz CT molecular complexity index is 997. The number of rotatable bonds is 7. The second kappa shape index (κ2) is 10.3. The number of anilines is 1. The summed E-state index contributed by atoms with van der Waals surface area (Å²) in [5.41, 5.74) is 1.60. The molecule has 1 saturated heterocycles. The number of carbonyl (C=O) groups excluding carboxylic acids is 1. The van der Waals surface area contributed by atoms with Crippen molar-refractivity contribution in [1.29, 1.82) is 0 Å². The highest BCUT2D eigenvalue weighted by Crippen LogP contribution is 2.39. The summed E-state index contributed by atoms with van der Waals surface area (Å²) in [7, 11) is 1.59. The van der Waals surface area contributed by atoms with Crippen LogP contribution in [0.4, 0.5) is 23.2 Å². The van der Waals surface area contributed by atoms with Gasteiger partial charge in [-0.1, -0.05) is 12.1 Å². The van der Waals surface area contributed by atoms with Crippen LogP contribution in [0.15, 0.2) is 42.5 Å². The summed E-state index contributed by atoms with van der Waals surface area (Å²) >= 11 is 0. The Morgan fingerprint density at radius 3 is 2.62 bits per heavy atom. The SMILES string of the molecule is COCCCNC(=O)[C@@H]1Cc2cc(C(F)(F)F)ccc2N2CCN(Cc3ccc(F)cc3)C[C@H]12. The molecule has 2 atom stereocenters. The Kier molecular flexibility index (Phi) is 7.42. The zero-order valence-corrected chi connectivity index (χ0v) is 19.1. The first-order valence-corrected chi connectivity index (χ1v) is 11.5. The fraction of sp³-hybridized carbons (Fsp3) is 0.480. The van der Waals surface area contributed by atoms with Crippen LogP contribution in [0.3, 0.4) is 0 Å². The van der Waals surface area contributed by atoms with Crippen LogP contribution in [0.2, 0.25) is 0 Å². The largest absolute Gasteiger partial charge is 0.416 e. The van der Waals surface area contributed by atoms with Gasteiger partial charge in [0.1, 0.15) is 5.82 Å². The Balaban J connectivity index is 1.56. The van der Waals surface area contributed by atoms with Gasteiger partial charge >= 0.3 is 6.18 Å². The minimum absolute atomic E-state index is 0.155. The molecule has 0 aromatic heterocycles. The van der Waals surface area contributed by atoms with Crippen molar-refractivity contribution in [3.05, 3.63) is 65.0 Å². The second-order valence-corrected chi connectivity index (χ2v) is 8.91. The van der Waals surface area contributed by atoms with E-state index in [-0.39, 0.29) is 24.2 Å².